The van der Waals surface area contributed by atoms with Gasteiger partial charge in [-0.2, -0.15) is 0 Å². The van der Waals surface area contributed by atoms with Crippen LogP contribution in [0.15, 0.2) is 0 Å². The van der Waals surface area contributed by atoms with Crippen LogP contribution in [-0.2, 0) is 9.59 Å². The van der Waals surface area contributed by atoms with Crippen LogP contribution < -0.4 is 5.32 Å². The smallest absolute Gasteiger partial charge is 0.329 e. The van der Waals surface area contributed by atoms with Gasteiger partial charge in [-0.3, -0.25) is 4.79 Å². The van der Waals surface area contributed by atoms with Crippen molar-refractivity contribution >= 4 is 17.9 Å². The standard InChI is InChI=1S/C14H25N3O4/c1-6-14(7-2,11(19)20)15-12(21)17-9-8-16(5)10(18)13(17,3)4/h6-9H2,1-5H3,(H,15,21)(H,19,20). The molecule has 2 N–H and O–H groups in total. The molecule has 7 nitrogen and oxygen atoms in total. The molecular formula is C14H25N3O4. The van der Waals surface area contributed by atoms with E-state index in [-0.39, 0.29) is 18.7 Å². The normalized spacial score (nSPS) is 18.6. The van der Waals surface area contributed by atoms with Gasteiger partial charge in [-0.15, -0.1) is 0 Å². The van der Waals surface area contributed by atoms with Crippen molar-refractivity contribution in [3.63, 3.8) is 0 Å². The number of aliphatic carboxylic acids is 1. The summed E-state index contributed by atoms with van der Waals surface area (Å²) in [5.41, 5.74) is -2.28. The van der Waals surface area contributed by atoms with E-state index in [4.69, 9.17) is 0 Å². The number of carbonyl (C=O) groups is 3. The lowest BCUT2D eigenvalue weighted by molar-refractivity contribution is -0.145. The van der Waals surface area contributed by atoms with Gasteiger partial charge in [0.1, 0.15) is 11.1 Å². The van der Waals surface area contributed by atoms with Crippen LogP contribution >= 0.6 is 0 Å². The maximum Gasteiger partial charge on any atom is 0.329 e. The first-order valence-electron chi connectivity index (χ1n) is 7.21. The Morgan fingerprint density at radius 1 is 1.29 bits per heavy atom. The fraction of sp³-hybridized carbons (Fsp3) is 0.786. The zero-order valence-electron chi connectivity index (χ0n) is 13.4. The van der Waals surface area contributed by atoms with Crippen molar-refractivity contribution in [1.29, 1.82) is 0 Å². The molecule has 1 aliphatic rings. The predicted octanol–water partition coefficient (Wildman–Crippen LogP) is 0.892. The number of nitrogens with one attached hydrogen (secondary N) is 1. The molecule has 1 rings (SSSR count). The maximum atomic E-state index is 12.5. The molecule has 7 heteroatoms. The van der Waals surface area contributed by atoms with E-state index < -0.39 is 23.1 Å². The summed E-state index contributed by atoms with van der Waals surface area (Å²) in [7, 11) is 1.69. The van der Waals surface area contributed by atoms with Crippen LogP contribution in [0, 0.1) is 0 Å². The first kappa shape index (κ1) is 17.3. The van der Waals surface area contributed by atoms with Crippen molar-refractivity contribution in [1.82, 2.24) is 15.1 Å². The van der Waals surface area contributed by atoms with E-state index in [0.29, 0.717) is 13.1 Å². The van der Waals surface area contributed by atoms with Crippen LogP contribution in [-0.4, -0.2) is 64.0 Å². The first-order chi connectivity index (χ1) is 9.62. The van der Waals surface area contributed by atoms with Gasteiger partial charge in [0, 0.05) is 20.1 Å². The molecule has 0 saturated carbocycles. The molecule has 0 aromatic carbocycles. The summed E-state index contributed by atoms with van der Waals surface area (Å²) in [4.78, 5) is 39.1. The predicted molar refractivity (Wildman–Crippen MR) is 77.9 cm³/mol. The summed E-state index contributed by atoms with van der Waals surface area (Å²) < 4.78 is 0. The highest BCUT2D eigenvalue weighted by molar-refractivity contribution is 5.93. The Kier molecular flexibility index (Phi) is 4.86. The number of carbonyl (C=O) groups excluding carboxylic acids is 2. The summed E-state index contributed by atoms with van der Waals surface area (Å²) in [5.74, 6) is -1.21. The Morgan fingerprint density at radius 3 is 2.24 bits per heavy atom. The second-order valence-electron chi connectivity index (χ2n) is 5.96. The van der Waals surface area contributed by atoms with E-state index in [9.17, 15) is 19.5 Å². The number of likely N-dealkylation sites (N-methyl/N-ethyl adjacent to an activating group) is 1. The van der Waals surface area contributed by atoms with Gasteiger partial charge in [0.2, 0.25) is 5.91 Å². The molecule has 0 aromatic heterocycles. The molecule has 21 heavy (non-hydrogen) atoms. The molecule has 0 unspecified atom stereocenters. The quantitative estimate of drug-likeness (QED) is 0.806. The molecule has 0 radical (unpaired) electrons. The Morgan fingerprint density at radius 2 is 1.81 bits per heavy atom. The molecule has 1 heterocycles. The summed E-state index contributed by atoms with van der Waals surface area (Å²) in [5, 5.41) is 12.0. The van der Waals surface area contributed by atoms with Crippen molar-refractivity contribution in [2.45, 2.75) is 51.6 Å². The lowest BCUT2D eigenvalue weighted by Gasteiger charge is -2.45. The van der Waals surface area contributed by atoms with E-state index in [1.165, 1.54) is 4.90 Å². The van der Waals surface area contributed by atoms with Crippen molar-refractivity contribution in [2.75, 3.05) is 20.1 Å². The van der Waals surface area contributed by atoms with Gasteiger partial charge in [-0.05, 0) is 26.7 Å². The Bertz CT molecular complexity index is 444. The van der Waals surface area contributed by atoms with Gasteiger partial charge in [0.15, 0.2) is 0 Å². The van der Waals surface area contributed by atoms with E-state index in [1.807, 2.05) is 0 Å². The number of piperazine rings is 1. The lowest BCUT2D eigenvalue weighted by atomic mass is 9.92. The van der Waals surface area contributed by atoms with Gasteiger partial charge in [-0.1, -0.05) is 13.8 Å². The molecule has 0 atom stereocenters. The largest absolute Gasteiger partial charge is 0.480 e. The Balaban J connectivity index is 2.98. The van der Waals surface area contributed by atoms with Gasteiger partial charge in [0.25, 0.3) is 0 Å². The Hall–Kier alpha value is -1.79. The van der Waals surface area contributed by atoms with Crippen LogP contribution in [0.3, 0.4) is 0 Å². The molecule has 0 aromatic rings. The van der Waals surface area contributed by atoms with Crippen molar-refractivity contribution < 1.29 is 19.5 Å². The highest BCUT2D eigenvalue weighted by Crippen LogP contribution is 2.23. The molecule has 3 amide bonds. The molecule has 0 spiro atoms. The van der Waals surface area contributed by atoms with E-state index in [2.05, 4.69) is 5.32 Å². The van der Waals surface area contributed by atoms with Gasteiger partial charge >= 0.3 is 12.0 Å². The summed E-state index contributed by atoms with van der Waals surface area (Å²) in [6.45, 7) is 7.60. The molecule has 120 valence electrons. The minimum Gasteiger partial charge on any atom is -0.480 e. The molecule has 1 saturated heterocycles. The highest BCUT2D eigenvalue weighted by Gasteiger charge is 2.45. The van der Waals surface area contributed by atoms with Gasteiger partial charge in [0.05, 0.1) is 0 Å². The third kappa shape index (κ3) is 2.96. The summed E-state index contributed by atoms with van der Waals surface area (Å²) >= 11 is 0. The zero-order valence-corrected chi connectivity index (χ0v) is 13.4. The van der Waals surface area contributed by atoms with Crippen LogP contribution in [0.2, 0.25) is 0 Å². The second-order valence-corrected chi connectivity index (χ2v) is 5.96. The maximum absolute atomic E-state index is 12.5. The first-order valence-corrected chi connectivity index (χ1v) is 7.21. The molecule has 0 bridgehead atoms. The van der Waals surface area contributed by atoms with Gasteiger partial charge < -0.3 is 20.2 Å². The number of carboxylic acid groups (broad SMARTS) is 1. The van der Waals surface area contributed by atoms with Crippen LogP contribution in [0.5, 0.6) is 0 Å². The molecular weight excluding hydrogens is 274 g/mol. The number of hydrogen-bond acceptors (Lipinski definition) is 3. The molecule has 1 fully saturated rings. The number of rotatable bonds is 4. The van der Waals surface area contributed by atoms with Crippen LogP contribution in [0.4, 0.5) is 4.79 Å². The second kappa shape index (κ2) is 5.91. The monoisotopic (exact) mass is 299 g/mol. The zero-order chi connectivity index (χ0) is 16.4. The van der Waals surface area contributed by atoms with E-state index in [1.54, 1.807) is 39.6 Å². The number of nitrogens with zero attached hydrogens (tertiary/aromatic N) is 2. The topological polar surface area (TPSA) is 90.0 Å². The number of amides is 3. The minimum absolute atomic E-state index is 0.155. The third-order valence-electron chi connectivity index (χ3n) is 4.41. The van der Waals surface area contributed by atoms with Crippen molar-refractivity contribution in [2.24, 2.45) is 0 Å². The molecule has 1 aliphatic heterocycles. The SMILES string of the molecule is CCC(CC)(NC(=O)N1CCN(C)C(=O)C1(C)C)C(=O)O. The number of urea groups is 1. The summed E-state index contributed by atoms with van der Waals surface area (Å²) in [6, 6.07) is -0.507. The fourth-order valence-electron chi connectivity index (χ4n) is 2.62. The number of carboxylic acids is 1. The average molecular weight is 299 g/mol. The Labute approximate surface area is 125 Å². The molecule has 0 aliphatic carbocycles. The van der Waals surface area contributed by atoms with Gasteiger partial charge in [-0.25, -0.2) is 9.59 Å². The van der Waals surface area contributed by atoms with E-state index >= 15 is 0 Å². The minimum atomic E-state index is -1.29. The van der Waals surface area contributed by atoms with Crippen LogP contribution in [0.1, 0.15) is 40.5 Å². The van der Waals surface area contributed by atoms with Crippen molar-refractivity contribution in [3.8, 4) is 0 Å². The fourth-order valence-corrected chi connectivity index (χ4v) is 2.62. The summed E-state index contributed by atoms with van der Waals surface area (Å²) in [6.07, 6.45) is 0.569. The van der Waals surface area contributed by atoms with Crippen LogP contribution in [0.25, 0.3) is 0 Å². The number of hydrogen-bond donors (Lipinski definition) is 2. The lowest BCUT2D eigenvalue weighted by Crippen LogP contribution is -2.68. The average Bonchev–Trinajstić information content (AvgIpc) is 2.41. The van der Waals surface area contributed by atoms with Crippen molar-refractivity contribution in [3.05, 3.63) is 0 Å². The van der Waals surface area contributed by atoms with E-state index in [0.717, 1.165) is 0 Å². The third-order valence-corrected chi connectivity index (χ3v) is 4.41. The highest BCUT2D eigenvalue weighted by atomic mass is 16.4.